The molecule has 0 saturated heterocycles. The Morgan fingerprint density at radius 3 is 2.65 bits per heavy atom. The lowest BCUT2D eigenvalue weighted by molar-refractivity contribution is 0.285. The van der Waals surface area contributed by atoms with Gasteiger partial charge < -0.3 is 5.32 Å². The van der Waals surface area contributed by atoms with E-state index in [1.54, 1.807) is 12.1 Å². The third-order valence-electron chi connectivity index (χ3n) is 3.82. The largest absolute Gasteiger partial charge is 0.313 e. The van der Waals surface area contributed by atoms with Crippen LogP contribution in [0.15, 0.2) is 24.3 Å². The summed E-state index contributed by atoms with van der Waals surface area (Å²) in [6.45, 7) is 5.42. The molecule has 1 N–H and O–H groups in total. The Morgan fingerprint density at radius 1 is 1.35 bits per heavy atom. The van der Waals surface area contributed by atoms with Gasteiger partial charge in [0.15, 0.2) is 0 Å². The van der Waals surface area contributed by atoms with Crippen molar-refractivity contribution in [2.45, 2.75) is 45.6 Å². The molecular formula is C15H22FN. The van der Waals surface area contributed by atoms with Crippen LogP contribution in [0.3, 0.4) is 0 Å². The summed E-state index contributed by atoms with van der Waals surface area (Å²) in [5, 5.41) is 3.57. The number of hydrogen-bond acceptors (Lipinski definition) is 1. The Labute approximate surface area is 103 Å². The van der Waals surface area contributed by atoms with Crippen LogP contribution in [0, 0.1) is 11.2 Å². The lowest BCUT2D eigenvalue weighted by Crippen LogP contribution is -2.34. The maximum absolute atomic E-state index is 13.6. The predicted molar refractivity (Wildman–Crippen MR) is 69.5 cm³/mol. The van der Waals surface area contributed by atoms with Crippen molar-refractivity contribution in [1.82, 2.24) is 5.32 Å². The van der Waals surface area contributed by atoms with Crippen LogP contribution < -0.4 is 5.32 Å². The van der Waals surface area contributed by atoms with Crippen molar-refractivity contribution < 1.29 is 4.39 Å². The first-order valence-corrected chi connectivity index (χ1v) is 6.60. The Kier molecular flexibility index (Phi) is 3.82. The second-order valence-corrected chi connectivity index (χ2v) is 5.59. The highest BCUT2D eigenvalue weighted by molar-refractivity contribution is 5.19. The van der Waals surface area contributed by atoms with Crippen molar-refractivity contribution in [2.75, 3.05) is 6.54 Å². The van der Waals surface area contributed by atoms with Crippen molar-refractivity contribution in [2.24, 2.45) is 5.41 Å². The van der Waals surface area contributed by atoms with Gasteiger partial charge in [0.25, 0.3) is 0 Å². The van der Waals surface area contributed by atoms with Gasteiger partial charge in [-0.25, -0.2) is 4.39 Å². The minimum Gasteiger partial charge on any atom is -0.313 e. The van der Waals surface area contributed by atoms with Gasteiger partial charge in [-0.2, -0.15) is 0 Å². The molecule has 1 aliphatic carbocycles. The number of rotatable bonds is 6. The molecule has 2 rings (SSSR count). The molecule has 17 heavy (non-hydrogen) atoms. The van der Waals surface area contributed by atoms with Crippen molar-refractivity contribution in [3.05, 3.63) is 35.6 Å². The van der Waals surface area contributed by atoms with E-state index in [1.165, 1.54) is 12.8 Å². The molecule has 1 aromatic rings. The van der Waals surface area contributed by atoms with Gasteiger partial charge in [0.1, 0.15) is 5.82 Å². The van der Waals surface area contributed by atoms with Gasteiger partial charge in [-0.3, -0.25) is 0 Å². The standard InChI is InChI=1S/C15H22FN/c1-3-15(2,11-17-13-8-9-13)10-12-6-4-5-7-14(12)16/h4-7,13,17H,3,8-11H2,1-2H3. The zero-order valence-corrected chi connectivity index (χ0v) is 10.8. The second-order valence-electron chi connectivity index (χ2n) is 5.59. The first-order chi connectivity index (χ1) is 8.13. The monoisotopic (exact) mass is 235 g/mol. The fourth-order valence-corrected chi connectivity index (χ4v) is 2.09. The minimum atomic E-state index is -0.0707. The molecule has 0 bridgehead atoms. The molecule has 1 aliphatic rings. The summed E-state index contributed by atoms with van der Waals surface area (Å²) in [5.41, 5.74) is 1.000. The fourth-order valence-electron chi connectivity index (χ4n) is 2.09. The number of nitrogens with one attached hydrogen (secondary N) is 1. The van der Waals surface area contributed by atoms with Crippen LogP contribution in [0.4, 0.5) is 4.39 Å². The van der Waals surface area contributed by atoms with Gasteiger partial charge >= 0.3 is 0 Å². The van der Waals surface area contributed by atoms with Gasteiger partial charge in [-0.05, 0) is 42.7 Å². The highest BCUT2D eigenvalue weighted by atomic mass is 19.1. The molecule has 0 aliphatic heterocycles. The van der Waals surface area contributed by atoms with E-state index in [-0.39, 0.29) is 11.2 Å². The van der Waals surface area contributed by atoms with Crippen LogP contribution in [0.25, 0.3) is 0 Å². The molecule has 1 fully saturated rings. The molecule has 1 saturated carbocycles. The third-order valence-corrected chi connectivity index (χ3v) is 3.82. The van der Waals surface area contributed by atoms with Crippen LogP contribution in [0.2, 0.25) is 0 Å². The van der Waals surface area contributed by atoms with Crippen LogP contribution >= 0.6 is 0 Å². The van der Waals surface area contributed by atoms with E-state index < -0.39 is 0 Å². The van der Waals surface area contributed by atoms with E-state index >= 15 is 0 Å². The smallest absolute Gasteiger partial charge is 0.126 e. The van der Waals surface area contributed by atoms with E-state index in [4.69, 9.17) is 0 Å². The van der Waals surface area contributed by atoms with E-state index in [1.807, 2.05) is 12.1 Å². The Hall–Kier alpha value is -0.890. The second kappa shape index (κ2) is 5.18. The molecule has 0 heterocycles. The lowest BCUT2D eigenvalue weighted by Gasteiger charge is -2.29. The third kappa shape index (κ3) is 3.53. The first kappa shape index (κ1) is 12.6. The SMILES string of the molecule is CCC(C)(CNC1CC1)Cc1ccccc1F. The molecule has 1 atom stereocenters. The highest BCUT2D eigenvalue weighted by Gasteiger charge is 2.28. The molecular weight excluding hydrogens is 213 g/mol. The summed E-state index contributed by atoms with van der Waals surface area (Å²) in [6.07, 6.45) is 4.50. The molecule has 1 unspecified atom stereocenters. The molecule has 0 radical (unpaired) electrons. The van der Waals surface area contributed by atoms with Crippen molar-refractivity contribution in [3.8, 4) is 0 Å². The summed E-state index contributed by atoms with van der Waals surface area (Å²) in [4.78, 5) is 0. The lowest BCUT2D eigenvalue weighted by atomic mass is 9.81. The highest BCUT2D eigenvalue weighted by Crippen LogP contribution is 2.29. The fraction of sp³-hybridized carbons (Fsp3) is 0.600. The van der Waals surface area contributed by atoms with Crippen LogP contribution in [-0.4, -0.2) is 12.6 Å². The summed E-state index contributed by atoms with van der Waals surface area (Å²) >= 11 is 0. The Morgan fingerprint density at radius 2 is 2.06 bits per heavy atom. The number of hydrogen-bond donors (Lipinski definition) is 1. The van der Waals surface area contributed by atoms with Gasteiger partial charge in [-0.15, -0.1) is 0 Å². The average molecular weight is 235 g/mol. The molecule has 1 aromatic carbocycles. The summed E-state index contributed by atoms with van der Waals surface area (Å²) in [7, 11) is 0. The van der Waals surface area contributed by atoms with E-state index in [9.17, 15) is 4.39 Å². The van der Waals surface area contributed by atoms with E-state index in [2.05, 4.69) is 19.2 Å². The van der Waals surface area contributed by atoms with E-state index in [0.29, 0.717) is 0 Å². The summed E-state index contributed by atoms with van der Waals surface area (Å²) in [5.74, 6) is -0.0707. The maximum atomic E-state index is 13.6. The zero-order chi connectivity index (χ0) is 12.3. The molecule has 0 aromatic heterocycles. The average Bonchev–Trinajstić information content (AvgIpc) is 3.14. The summed E-state index contributed by atoms with van der Waals surface area (Å²) in [6, 6.07) is 7.86. The molecule has 0 amide bonds. The maximum Gasteiger partial charge on any atom is 0.126 e. The van der Waals surface area contributed by atoms with Crippen molar-refractivity contribution in [1.29, 1.82) is 0 Å². The van der Waals surface area contributed by atoms with Crippen molar-refractivity contribution in [3.63, 3.8) is 0 Å². The molecule has 94 valence electrons. The molecule has 2 heteroatoms. The Balaban J connectivity index is 1.99. The molecule has 1 nitrogen and oxygen atoms in total. The number of benzene rings is 1. The van der Waals surface area contributed by atoms with E-state index in [0.717, 1.165) is 31.0 Å². The quantitative estimate of drug-likeness (QED) is 0.795. The topological polar surface area (TPSA) is 12.0 Å². The van der Waals surface area contributed by atoms with Gasteiger partial charge in [-0.1, -0.05) is 32.0 Å². The van der Waals surface area contributed by atoms with Gasteiger partial charge in [0.05, 0.1) is 0 Å². The first-order valence-electron chi connectivity index (χ1n) is 6.60. The van der Waals surface area contributed by atoms with Gasteiger partial charge in [0, 0.05) is 12.6 Å². The van der Waals surface area contributed by atoms with Crippen LogP contribution in [-0.2, 0) is 6.42 Å². The number of halogens is 1. The van der Waals surface area contributed by atoms with Gasteiger partial charge in [0.2, 0.25) is 0 Å². The predicted octanol–water partition coefficient (Wildman–Crippen LogP) is 3.54. The van der Waals surface area contributed by atoms with Crippen LogP contribution in [0.1, 0.15) is 38.7 Å². The Bertz CT molecular complexity index is 373. The zero-order valence-electron chi connectivity index (χ0n) is 10.8. The summed E-state index contributed by atoms with van der Waals surface area (Å²) < 4.78 is 13.6. The normalized spacial score (nSPS) is 19.0. The van der Waals surface area contributed by atoms with Crippen LogP contribution in [0.5, 0.6) is 0 Å². The molecule has 0 spiro atoms. The van der Waals surface area contributed by atoms with Crippen molar-refractivity contribution >= 4 is 0 Å². The minimum absolute atomic E-state index is 0.0707.